The van der Waals surface area contributed by atoms with Gasteiger partial charge in [-0.15, -0.1) is 11.8 Å². The minimum absolute atomic E-state index is 0.0191. The first kappa shape index (κ1) is 28.3. The number of aliphatic hydroxyl groups is 3. The molecular weight excluding hydrogens is 448 g/mol. The molecule has 10 heteroatoms. The van der Waals surface area contributed by atoms with Gasteiger partial charge in [0.1, 0.15) is 23.7 Å². The number of ether oxygens (including phenoxy) is 2. The van der Waals surface area contributed by atoms with E-state index in [4.69, 9.17) is 9.47 Å². The number of aliphatic hydroxyl groups excluding tert-OH is 3. The molecule has 2 rings (SSSR count). The monoisotopic (exact) mass is 490 g/mol. The number of methoxy groups -OCH3 is 1. The third-order valence-electron chi connectivity index (χ3n) is 6.73. The van der Waals surface area contributed by atoms with E-state index in [1.165, 1.54) is 25.3 Å². The number of rotatable bonds is 12. The summed E-state index contributed by atoms with van der Waals surface area (Å²) in [6, 6.07) is -0.364. The fourth-order valence-electron chi connectivity index (χ4n) is 4.75. The second kappa shape index (κ2) is 13.8. The lowest BCUT2D eigenvalue weighted by atomic mass is 9.92. The largest absolute Gasteiger partial charge is 0.468 e. The molecule has 0 aromatic heterocycles. The third-order valence-corrected chi connectivity index (χ3v) is 7.58. The summed E-state index contributed by atoms with van der Waals surface area (Å²) in [6.07, 6.45) is 3.20. The molecule has 2 aliphatic rings. The standard InChI is InChI=1S/C23H42N2O7S/c1-5-6-7-8-15-10-16(25(12-15)13-18(26)31-3)22(30)24-11-14(2)9-17-19(27)20(28)21(29)23(32-17)33-4/h14-17,19-21,23,27-29H,5-13H2,1-4H3,(H,24,30). The van der Waals surface area contributed by atoms with Crippen molar-refractivity contribution in [2.24, 2.45) is 11.8 Å². The van der Waals surface area contributed by atoms with Crippen molar-refractivity contribution in [3.05, 3.63) is 0 Å². The van der Waals surface area contributed by atoms with Gasteiger partial charge in [0, 0.05) is 13.1 Å². The predicted octanol–water partition coefficient (Wildman–Crippen LogP) is 0.743. The van der Waals surface area contributed by atoms with Gasteiger partial charge in [0.15, 0.2) is 0 Å². The summed E-state index contributed by atoms with van der Waals surface area (Å²) >= 11 is 1.28. The van der Waals surface area contributed by atoms with E-state index in [1.54, 1.807) is 6.26 Å². The highest BCUT2D eigenvalue weighted by atomic mass is 32.2. The van der Waals surface area contributed by atoms with Crippen LogP contribution in [0, 0.1) is 11.8 Å². The minimum atomic E-state index is -1.27. The Bertz CT molecular complexity index is 624. The zero-order valence-corrected chi connectivity index (χ0v) is 21.1. The number of likely N-dealkylation sites (tertiary alicyclic amines) is 1. The quantitative estimate of drug-likeness (QED) is 0.231. The van der Waals surface area contributed by atoms with Crippen molar-refractivity contribution < 1.29 is 34.4 Å². The van der Waals surface area contributed by atoms with E-state index in [0.29, 0.717) is 25.4 Å². The summed E-state index contributed by atoms with van der Waals surface area (Å²) in [5.74, 6) is -0.0832. The maximum Gasteiger partial charge on any atom is 0.319 e. The van der Waals surface area contributed by atoms with Gasteiger partial charge in [0.05, 0.1) is 25.8 Å². The van der Waals surface area contributed by atoms with E-state index in [2.05, 4.69) is 12.2 Å². The molecule has 0 aliphatic carbocycles. The molecule has 0 aromatic rings. The van der Waals surface area contributed by atoms with Gasteiger partial charge < -0.3 is 30.1 Å². The zero-order valence-electron chi connectivity index (χ0n) is 20.3. The summed E-state index contributed by atoms with van der Waals surface area (Å²) in [5.41, 5.74) is -0.606. The number of esters is 1. The first-order valence-corrected chi connectivity index (χ1v) is 13.3. The molecule has 0 spiro atoms. The Kier molecular flexibility index (Phi) is 11.9. The van der Waals surface area contributed by atoms with Gasteiger partial charge in [-0.05, 0) is 37.4 Å². The lowest BCUT2D eigenvalue weighted by Gasteiger charge is -2.40. The van der Waals surface area contributed by atoms with E-state index < -0.39 is 29.9 Å². The highest BCUT2D eigenvalue weighted by Crippen LogP contribution is 2.30. The molecule has 0 radical (unpaired) electrons. The molecule has 192 valence electrons. The molecular formula is C23H42N2O7S. The molecule has 8 atom stereocenters. The average molecular weight is 491 g/mol. The molecule has 1 amide bonds. The second-order valence-electron chi connectivity index (χ2n) is 9.46. The number of carbonyl (C=O) groups excluding carboxylic acids is 2. The zero-order chi connectivity index (χ0) is 24.5. The lowest BCUT2D eigenvalue weighted by Crippen LogP contribution is -2.57. The van der Waals surface area contributed by atoms with Crippen LogP contribution in [0.25, 0.3) is 0 Å². The molecule has 2 saturated heterocycles. The Morgan fingerprint density at radius 3 is 2.58 bits per heavy atom. The van der Waals surface area contributed by atoms with Crippen LogP contribution >= 0.6 is 11.8 Å². The smallest absolute Gasteiger partial charge is 0.319 e. The second-order valence-corrected chi connectivity index (χ2v) is 10.4. The van der Waals surface area contributed by atoms with Crippen LogP contribution in [0.15, 0.2) is 0 Å². The third kappa shape index (κ3) is 8.07. The Labute approximate surface area is 201 Å². The van der Waals surface area contributed by atoms with Crippen molar-refractivity contribution in [1.82, 2.24) is 10.2 Å². The van der Waals surface area contributed by atoms with Crippen molar-refractivity contribution in [1.29, 1.82) is 0 Å². The Hall–Kier alpha value is -0.910. The van der Waals surface area contributed by atoms with Crippen molar-refractivity contribution >= 4 is 23.6 Å². The Balaban J connectivity index is 1.88. The van der Waals surface area contributed by atoms with Crippen LogP contribution in [0.5, 0.6) is 0 Å². The number of amides is 1. The average Bonchev–Trinajstić information content (AvgIpc) is 3.20. The van der Waals surface area contributed by atoms with Gasteiger partial charge in [0.2, 0.25) is 5.91 Å². The highest BCUT2D eigenvalue weighted by molar-refractivity contribution is 7.99. The fourth-order valence-corrected chi connectivity index (χ4v) is 5.44. The van der Waals surface area contributed by atoms with Gasteiger partial charge in [0.25, 0.3) is 0 Å². The first-order chi connectivity index (χ1) is 15.7. The van der Waals surface area contributed by atoms with E-state index in [9.17, 15) is 24.9 Å². The molecule has 2 aliphatic heterocycles. The van der Waals surface area contributed by atoms with Gasteiger partial charge in [-0.2, -0.15) is 0 Å². The maximum atomic E-state index is 13.0. The molecule has 33 heavy (non-hydrogen) atoms. The van der Waals surface area contributed by atoms with Crippen molar-refractivity contribution in [3.63, 3.8) is 0 Å². The van der Waals surface area contributed by atoms with Gasteiger partial charge >= 0.3 is 5.97 Å². The summed E-state index contributed by atoms with van der Waals surface area (Å²) in [6.45, 7) is 5.31. The number of nitrogens with zero attached hydrogens (tertiary/aromatic N) is 1. The van der Waals surface area contributed by atoms with E-state index in [-0.39, 0.29) is 30.4 Å². The SMILES string of the molecule is CCCCCC1CC(C(=O)NCC(C)CC2OC(SC)C(O)C(O)C2O)N(CC(=O)OC)C1. The number of thioether (sulfide) groups is 1. The normalized spacial score (nSPS) is 33.6. The molecule has 2 heterocycles. The number of unbranched alkanes of at least 4 members (excludes halogenated alkanes) is 2. The Morgan fingerprint density at radius 2 is 1.94 bits per heavy atom. The summed E-state index contributed by atoms with van der Waals surface area (Å²) in [5, 5.41) is 33.4. The fraction of sp³-hybridized carbons (Fsp3) is 0.913. The molecule has 9 nitrogen and oxygen atoms in total. The molecule has 0 saturated carbocycles. The lowest BCUT2D eigenvalue weighted by molar-refractivity contribution is -0.201. The number of nitrogens with one attached hydrogen (secondary N) is 1. The van der Waals surface area contributed by atoms with Crippen molar-refractivity contribution in [3.8, 4) is 0 Å². The molecule has 0 aromatic carbocycles. The van der Waals surface area contributed by atoms with Crippen LogP contribution in [0.4, 0.5) is 0 Å². The topological polar surface area (TPSA) is 129 Å². The predicted molar refractivity (Wildman–Crippen MR) is 127 cm³/mol. The molecule has 0 bridgehead atoms. The Morgan fingerprint density at radius 1 is 1.21 bits per heavy atom. The van der Waals surface area contributed by atoms with Crippen LogP contribution in [-0.2, 0) is 19.1 Å². The molecule has 8 unspecified atom stereocenters. The van der Waals surface area contributed by atoms with E-state index in [1.807, 2.05) is 11.8 Å². The summed E-state index contributed by atoms with van der Waals surface area (Å²) in [7, 11) is 1.35. The van der Waals surface area contributed by atoms with Crippen molar-refractivity contribution in [2.45, 2.75) is 88.3 Å². The van der Waals surface area contributed by atoms with Gasteiger partial charge in [-0.3, -0.25) is 14.5 Å². The van der Waals surface area contributed by atoms with Crippen LogP contribution in [-0.4, -0.2) is 101 Å². The van der Waals surface area contributed by atoms with Crippen molar-refractivity contribution in [2.75, 3.05) is 33.0 Å². The molecule has 2 fully saturated rings. The summed E-state index contributed by atoms with van der Waals surface area (Å²) in [4.78, 5) is 26.8. The van der Waals surface area contributed by atoms with E-state index in [0.717, 1.165) is 25.7 Å². The summed E-state index contributed by atoms with van der Waals surface area (Å²) < 4.78 is 10.6. The van der Waals surface area contributed by atoms with Gasteiger partial charge in [-0.25, -0.2) is 0 Å². The van der Waals surface area contributed by atoms with Crippen LogP contribution in [0.2, 0.25) is 0 Å². The minimum Gasteiger partial charge on any atom is -0.468 e. The van der Waals surface area contributed by atoms with E-state index >= 15 is 0 Å². The van der Waals surface area contributed by atoms with Crippen LogP contribution in [0.3, 0.4) is 0 Å². The van der Waals surface area contributed by atoms with Crippen LogP contribution in [0.1, 0.15) is 52.4 Å². The maximum absolute atomic E-state index is 13.0. The first-order valence-electron chi connectivity index (χ1n) is 12.0. The van der Waals surface area contributed by atoms with Crippen LogP contribution < -0.4 is 5.32 Å². The number of hydrogen-bond acceptors (Lipinski definition) is 9. The van der Waals surface area contributed by atoms with Gasteiger partial charge in [-0.1, -0.05) is 33.1 Å². The number of carbonyl (C=O) groups is 2. The number of hydrogen-bond donors (Lipinski definition) is 4. The molecule has 4 N–H and O–H groups in total. The highest BCUT2D eigenvalue weighted by Gasteiger charge is 2.43.